The van der Waals surface area contributed by atoms with Crippen molar-refractivity contribution in [2.24, 2.45) is 0 Å². The van der Waals surface area contributed by atoms with Gasteiger partial charge in [0.05, 0.1) is 11.1 Å². The molecule has 0 saturated heterocycles. The van der Waals surface area contributed by atoms with Crippen molar-refractivity contribution in [3.63, 3.8) is 0 Å². The predicted octanol–water partition coefficient (Wildman–Crippen LogP) is 8.41. The van der Waals surface area contributed by atoms with Crippen LogP contribution in [0.5, 0.6) is 46.0 Å². The van der Waals surface area contributed by atoms with Crippen LogP contribution in [0, 0.1) is 13.8 Å². The Morgan fingerprint density at radius 3 is 1.37 bits per heavy atom. The third kappa shape index (κ3) is 3.93. The van der Waals surface area contributed by atoms with Crippen LogP contribution in [0.4, 0.5) is 0 Å². The van der Waals surface area contributed by atoms with Gasteiger partial charge in [-0.15, -0.1) is 0 Å². The van der Waals surface area contributed by atoms with Crippen LogP contribution in [0.25, 0.3) is 65.7 Å². The summed E-state index contributed by atoms with van der Waals surface area (Å²) in [5.41, 5.74) is 2.31. The molecule has 8 heteroatoms. The molecule has 0 unspecified atom stereocenters. The normalized spacial score (nSPS) is 11.5. The van der Waals surface area contributed by atoms with Gasteiger partial charge in [0.25, 0.3) is 0 Å². The first-order valence-corrected chi connectivity index (χ1v) is 14.4. The zero-order valence-electron chi connectivity index (χ0n) is 24.7. The SMILES string of the molecule is Cc1c(O)c(C)c(O)c(-c2c3ccccc3c(-c3c(O)c(O)c(O)c(O)c3O)c3cc(-c4ccc5ccccc5c4)ccc23)c1O. The molecule has 0 atom stereocenters. The third-order valence-electron chi connectivity index (χ3n) is 8.87. The van der Waals surface area contributed by atoms with Crippen molar-refractivity contribution in [1.29, 1.82) is 0 Å². The molecule has 0 aliphatic rings. The van der Waals surface area contributed by atoms with Crippen LogP contribution in [0.1, 0.15) is 11.1 Å². The highest BCUT2D eigenvalue weighted by molar-refractivity contribution is 6.24. The highest BCUT2D eigenvalue weighted by atomic mass is 16.4. The van der Waals surface area contributed by atoms with Gasteiger partial charge in [0.1, 0.15) is 17.2 Å². The maximum Gasteiger partial charge on any atom is 0.208 e. The zero-order valence-corrected chi connectivity index (χ0v) is 24.7. The fourth-order valence-electron chi connectivity index (χ4n) is 6.42. The Labute approximate surface area is 262 Å². The van der Waals surface area contributed by atoms with E-state index in [-0.39, 0.29) is 45.1 Å². The summed E-state index contributed by atoms with van der Waals surface area (Å²) in [6.07, 6.45) is 0. The van der Waals surface area contributed by atoms with E-state index in [0.717, 1.165) is 21.9 Å². The second kappa shape index (κ2) is 10.1. The predicted molar refractivity (Wildman–Crippen MR) is 178 cm³/mol. The Morgan fingerprint density at radius 2 is 0.761 bits per heavy atom. The maximum atomic E-state index is 11.4. The summed E-state index contributed by atoms with van der Waals surface area (Å²) >= 11 is 0. The number of hydrogen-bond donors (Lipinski definition) is 8. The first-order chi connectivity index (χ1) is 22.0. The summed E-state index contributed by atoms with van der Waals surface area (Å²) in [5, 5.41) is 90.8. The largest absolute Gasteiger partial charge is 0.507 e. The summed E-state index contributed by atoms with van der Waals surface area (Å²) in [5.74, 6) is -5.73. The number of fused-ring (bicyclic) bond motifs is 3. The lowest BCUT2D eigenvalue weighted by atomic mass is 9.83. The average Bonchev–Trinajstić information content (AvgIpc) is 3.08. The lowest BCUT2D eigenvalue weighted by Gasteiger charge is -2.22. The van der Waals surface area contributed by atoms with Crippen LogP contribution in [-0.2, 0) is 0 Å². The monoisotopic (exact) mass is 612 g/mol. The van der Waals surface area contributed by atoms with Crippen molar-refractivity contribution in [3.8, 4) is 79.4 Å². The molecule has 0 saturated carbocycles. The van der Waals surface area contributed by atoms with Gasteiger partial charge in [-0.05, 0) is 69.4 Å². The molecule has 7 aromatic rings. The standard InChI is InChI=1S/C38H28O8/c1-17-31(39)18(2)33(41)29(32(17)40)27-23-9-5-6-10-24(23)28(30-34(42)36(44)38(46)37(45)35(30)43)26-16-22(13-14-25(26)27)21-12-11-19-7-3-4-8-20(19)15-21/h3-16,39-46H,1-2H3. The van der Waals surface area contributed by atoms with E-state index in [4.69, 9.17) is 0 Å². The molecule has 0 amide bonds. The molecule has 0 bridgehead atoms. The Bertz CT molecular complexity index is 2370. The summed E-state index contributed by atoms with van der Waals surface area (Å²) in [7, 11) is 0. The topological polar surface area (TPSA) is 162 Å². The van der Waals surface area contributed by atoms with Gasteiger partial charge in [0.2, 0.25) is 17.2 Å². The van der Waals surface area contributed by atoms with Gasteiger partial charge >= 0.3 is 0 Å². The highest BCUT2D eigenvalue weighted by Crippen LogP contribution is 2.59. The smallest absolute Gasteiger partial charge is 0.208 e. The van der Waals surface area contributed by atoms with Gasteiger partial charge in [0, 0.05) is 22.3 Å². The molecule has 0 aliphatic carbocycles. The third-order valence-corrected chi connectivity index (χ3v) is 8.87. The van der Waals surface area contributed by atoms with Crippen molar-refractivity contribution in [3.05, 3.63) is 96.1 Å². The number of hydrogen-bond acceptors (Lipinski definition) is 8. The Balaban J connectivity index is 1.70. The van der Waals surface area contributed by atoms with Crippen molar-refractivity contribution >= 4 is 32.3 Å². The van der Waals surface area contributed by atoms with Crippen molar-refractivity contribution in [2.75, 3.05) is 0 Å². The Hall–Kier alpha value is -6.28. The molecule has 0 heterocycles. The van der Waals surface area contributed by atoms with Crippen LogP contribution in [-0.4, -0.2) is 40.9 Å². The molecular weight excluding hydrogens is 584 g/mol. The van der Waals surface area contributed by atoms with Crippen molar-refractivity contribution in [1.82, 2.24) is 0 Å². The van der Waals surface area contributed by atoms with Crippen molar-refractivity contribution in [2.45, 2.75) is 13.8 Å². The van der Waals surface area contributed by atoms with Gasteiger partial charge < -0.3 is 40.9 Å². The fraction of sp³-hybridized carbons (Fsp3) is 0.0526. The molecule has 7 rings (SSSR count). The summed E-state index contributed by atoms with van der Waals surface area (Å²) in [4.78, 5) is 0. The molecule has 0 aliphatic heterocycles. The van der Waals surface area contributed by atoms with Crippen LogP contribution in [0.2, 0.25) is 0 Å². The molecule has 228 valence electrons. The van der Waals surface area contributed by atoms with E-state index >= 15 is 0 Å². The molecule has 0 spiro atoms. The van der Waals surface area contributed by atoms with Gasteiger partial charge in [0.15, 0.2) is 11.5 Å². The lowest BCUT2D eigenvalue weighted by molar-refractivity contribution is 0.330. The number of phenolic OH excluding ortho intramolecular Hbond substituents is 8. The number of benzene rings is 7. The fourth-order valence-corrected chi connectivity index (χ4v) is 6.42. The Morgan fingerprint density at radius 1 is 0.326 bits per heavy atom. The summed E-state index contributed by atoms with van der Waals surface area (Å²) in [6.45, 7) is 3.07. The molecular formula is C38H28O8. The van der Waals surface area contributed by atoms with E-state index < -0.39 is 28.7 Å². The van der Waals surface area contributed by atoms with E-state index in [9.17, 15) is 40.9 Å². The van der Waals surface area contributed by atoms with E-state index in [1.54, 1.807) is 30.3 Å². The van der Waals surface area contributed by atoms with E-state index in [2.05, 4.69) is 0 Å². The van der Waals surface area contributed by atoms with Crippen LogP contribution >= 0.6 is 0 Å². The number of rotatable bonds is 3. The molecule has 8 N–H and O–H groups in total. The van der Waals surface area contributed by atoms with Gasteiger partial charge in [-0.2, -0.15) is 0 Å². The first kappa shape index (κ1) is 28.5. The Kier molecular flexibility index (Phi) is 6.28. The average molecular weight is 613 g/mol. The summed E-state index contributed by atoms with van der Waals surface area (Å²) < 4.78 is 0. The number of phenols is 8. The quantitative estimate of drug-likeness (QED) is 0.0560. The van der Waals surface area contributed by atoms with Gasteiger partial charge in [-0.1, -0.05) is 72.8 Å². The highest BCUT2D eigenvalue weighted by Gasteiger charge is 2.30. The molecule has 8 nitrogen and oxygen atoms in total. The molecule has 0 radical (unpaired) electrons. The molecule has 7 aromatic carbocycles. The molecule has 0 aromatic heterocycles. The maximum absolute atomic E-state index is 11.4. The molecule has 46 heavy (non-hydrogen) atoms. The van der Waals surface area contributed by atoms with E-state index in [1.165, 1.54) is 13.8 Å². The number of aromatic hydroxyl groups is 8. The van der Waals surface area contributed by atoms with E-state index in [0.29, 0.717) is 27.1 Å². The second-order valence-electron chi connectivity index (χ2n) is 11.4. The van der Waals surface area contributed by atoms with Gasteiger partial charge in [-0.25, -0.2) is 0 Å². The second-order valence-corrected chi connectivity index (χ2v) is 11.4. The van der Waals surface area contributed by atoms with Gasteiger partial charge in [-0.3, -0.25) is 0 Å². The lowest BCUT2D eigenvalue weighted by Crippen LogP contribution is -1.95. The minimum Gasteiger partial charge on any atom is -0.507 e. The molecule has 0 fully saturated rings. The van der Waals surface area contributed by atoms with Crippen LogP contribution in [0.3, 0.4) is 0 Å². The van der Waals surface area contributed by atoms with Crippen molar-refractivity contribution < 1.29 is 40.9 Å². The van der Waals surface area contributed by atoms with Crippen LogP contribution < -0.4 is 0 Å². The first-order valence-electron chi connectivity index (χ1n) is 14.4. The minimum atomic E-state index is -1.08. The summed E-state index contributed by atoms with van der Waals surface area (Å²) in [6, 6.07) is 26.2. The van der Waals surface area contributed by atoms with Crippen LogP contribution in [0.15, 0.2) is 84.9 Å². The minimum absolute atomic E-state index is 0.0730. The zero-order chi connectivity index (χ0) is 32.6. The van der Waals surface area contributed by atoms with E-state index in [1.807, 2.05) is 54.6 Å².